The van der Waals surface area contributed by atoms with Crippen molar-refractivity contribution in [2.45, 2.75) is 32.6 Å². The first-order valence-electron chi connectivity index (χ1n) is 9.25. The van der Waals surface area contributed by atoms with Crippen LogP contribution in [0, 0.1) is 5.92 Å². The Hall–Kier alpha value is -2.62. The molecule has 0 saturated heterocycles. The van der Waals surface area contributed by atoms with Crippen LogP contribution in [0.25, 0.3) is 0 Å². The highest BCUT2D eigenvalue weighted by molar-refractivity contribution is 5.97. The summed E-state index contributed by atoms with van der Waals surface area (Å²) in [6.07, 6.45) is 2.31. The molecule has 2 aromatic carbocycles. The van der Waals surface area contributed by atoms with Crippen LogP contribution in [0.4, 0.5) is 0 Å². The molecule has 4 heteroatoms. The number of hydrogen-bond donors (Lipinski definition) is 1. The first-order chi connectivity index (χ1) is 12.7. The van der Waals surface area contributed by atoms with Gasteiger partial charge in [0.1, 0.15) is 5.75 Å². The molecule has 1 N–H and O–H groups in total. The Kier molecular flexibility index (Phi) is 6.05. The summed E-state index contributed by atoms with van der Waals surface area (Å²) < 4.78 is 5.74. The lowest BCUT2D eigenvalue weighted by atomic mass is 9.96. The van der Waals surface area contributed by atoms with E-state index in [1.165, 1.54) is 11.1 Å². The van der Waals surface area contributed by atoms with Crippen molar-refractivity contribution in [3.05, 3.63) is 65.2 Å². The number of carbonyl (C=O) groups is 2. The maximum atomic E-state index is 12.2. The van der Waals surface area contributed by atoms with E-state index in [0.29, 0.717) is 18.7 Å². The first-order valence-corrected chi connectivity index (χ1v) is 9.25. The van der Waals surface area contributed by atoms with E-state index in [-0.39, 0.29) is 30.4 Å². The fourth-order valence-electron chi connectivity index (χ4n) is 3.17. The number of benzene rings is 2. The second kappa shape index (κ2) is 8.65. The van der Waals surface area contributed by atoms with Crippen molar-refractivity contribution in [1.29, 1.82) is 0 Å². The average Bonchev–Trinajstić information content (AvgIpc) is 2.70. The summed E-state index contributed by atoms with van der Waals surface area (Å²) in [5.41, 5.74) is 3.06. The van der Waals surface area contributed by atoms with Crippen molar-refractivity contribution in [3.63, 3.8) is 0 Å². The quantitative estimate of drug-likeness (QED) is 0.776. The van der Waals surface area contributed by atoms with Crippen LogP contribution in [0.1, 0.15) is 41.3 Å². The van der Waals surface area contributed by atoms with Crippen molar-refractivity contribution in [2.75, 3.05) is 13.2 Å². The van der Waals surface area contributed by atoms with Gasteiger partial charge in [-0.3, -0.25) is 9.59 Å². The maximum absolute atomic E-state index is 12.2. The number of rotatable bonds is 7. The minimum Gasteiger partial charge on any atom is -0.493 e. The minimum atomic E-state index is -0.0811. The molecule has 0 fully saturated rings. The number of Topliss-reactive ketones (excluding diaryl/α,β-unsaturated/α-hetero) is 1. The van der Waals surface area contributed by atoms with E-state index in [1.807, 2.05) is 42.5 Å². The van der Waals surface area contributed by atoms with Crippen molar-refractivity contribution >= 4 is 11.7 Å². The molecule has 3 rings (SSSR count). The van der Waals surface area contributed by atoms with Crippen LogP contribution in [0.2, 0.25) is 0 Å². The lowest BCUT2D eigenvalue weighted by Gasteiger charge is -2.25. The molecule has 1 unspecified atom stereocenters. The van der Waals surface area contributed by atoms with E-state index in [0.717, 1.165) is 18.6 Å². The predicted octanol–water partition coefficient (Wildman–Crippen LogP) is 3.58. The van der Waals surface area contributed by atoms with Gasteiger partial charge in [-0.15, -0.1) is 0 Å². The van der Waals surface area contributed by atoms with Crippen molar-refractivity contribution in [3.8, 4) is 5.75 Å². The summed E-state index contributed by atoms with van der Waals surface area (Å²) in [4.78, 5) is 24.3. The minimum absolute atomic E-state index is 0.0118. The molecule has 26 heavy (non-hydrogen) atoms. The number of ether oxygens (including phenoxy) is 1. The van der Waals surface area contributed by atoms with Gasteiger partial charge in [-0.2, -0.15) is 0 Å². The third kappa shape index (κ3) is 4.72. The number of amides is 1. The molecule has 0 aliphatic carbocycles. The highest BCUT2D eigenvalue weighted by atomic mass is 16.5. The van der Waals surface area contributed by atoms with E-state index < -0.39 is 0 Å². The van der Waals surface area contributed by atoms with E-state index in [1.54, 1.807) is 0 Å². The second-order valence-electron chi connectivity index (χ2n) is 6.77. The normalized spacial score (nSPS) is 15.7. The topological polar surface area (TPSA) is 55.4 Å². The van der Waals surface area contributed by atoms with Gasteiger partial charge in [-0.05, 0) is 30.0 Å². The molecule has 0 radical (unpaired) electrons. The van der Waals surface area contributed by atoms with Gasteiger partial charge in [0.05, 0.1) is 6.61 Å². The fourth-order valence-corrected chi connectivity index (χ4v) is 3.17. The third-order valence-electron chi connectivity index (χ3n) is 4.81. The molecule has 0 spiro atoms. The summed E-state index contributed by atoms with van der Waals surface area (Å²) in [6, 6.07) is 15.6. The monoisotopic (exact) mass is 351 g/mol. The smallest absolute Gasteiger partial charge is 0.220 e. The van der Waals surface area contributed by atoms with Crippen LogP contribution in [0.3, 0.4) is 0 Å². The largest absolute Gasteiger partial charge is 0.493 e. The van der Waals surface area contributed by atoms with Crippen LogP contribution in [0.5, 0.6) is 5.75 Å². The zero-order chi connectivity index (χ0) is 18.4. The SMILES string of the molecule is CCc1ccc(C(=O)CCC(=O)NCC2COc3ccccc3C2)cc1. The molecular weight excluding hydrogens is 326 g/mol. The number of carbonyl (C=O) groups excluding carboxylic acids is 2. The summed E-state index contributed by atoms with van der Waals surface area (Å²) in [7, 11) is 0. The van der Waals surface area contributed by atoms with E-state index in [4.69, 9.17) is 4.74 Å². The Balaban J connectivity index is 1.41. The molecule has 2 aromatic rings. The standard InChI is InChI=1S/C22H25NO3/c1-2-16-7-9-18(10-8-16)20(24)11-12-22(25)23-14-17-13-19-5-3-4-6-21(19)26-15-17/h3-10,17H,2,11-15H2,1H3,(H,23,25). The van der Waals surface area contributed by atoms with Gasteiger partial charge >= 0.3 is 0 Å². The molecule has 0 saturated carbocycles. The van der Waals surface area contributed by atoms with E-state index in [2.05, 4.69) is 18.3 Å². The van der Waals surface area contributed by atoms with Crippen molar-refractivity contribution < 1.29 is 14.3 Å². The Morgan fingerprint density at radius 2 is 1.85 bits per heavy atom. The van der Waals surface area contributed by atoms with Gasteiger partial charge in [0, 0.05) is 30.9 Å². The molecule has 0 bridgehead atoms. The number of para-hydroxylation sites is 1. The molecule has 4 nitrogen and oxygen atoms in total. The summed E-state index contributed by atoms with van der Waals surface area (Å²) in [5.74, 6) is 1.14. The second-order valence-corrected chi connectivity index (χ2v) is 6.77. The molecular formula is C22H25NO3. The van der Waals surface area contributed by atoms with Gasteiger partial charge in [0.25, 0.3) is 0 Å². The van der Waals surface area contributed by atoms with Gasteiger partial charge in [0.15, 0.2) is 5.78 Å². The third-order valence-corrected chi connectivity index (χ3v) is 4.81. The van der Waals surface area contributed by atoms with Crippen LogP contribution >= 0.6 is 0 Å². The van der Waals surface area contributed by atoms with Crippen LogP contribution in [-0.2, 0) is 17.6 Å². The maximum Gasteiger partial charge on any atom is 0.220 e. The Morgan fingerprint density at radius 1 is 1.08 bits per heavy atom. The average molecular weight is 351 g/mol. The molecule has 1 heterocycles. The van der Waals surface area contributed by atoms with Crippen LogP contribution < -0.4 is 10.1 Å². The van der Waals surface area contributed by atoms with Crippen LogP contribution in [0.15, 0.2) is 48.5 Å². The zero-order valence-corrected chi connectivity index (χ0v) is 15.2. The molecule has 1 aliphatic heterocycles. The highest BCUT2D eigenvalue weighted by Crippen LogP contribution is 2.26. The molecule has 1 atom stereocenters. The van der Waals surface area contributed by atoms with Crippen molar-refractivity contribution in [2.24, 2.45) is 5.92 Å². The number of hydrogen-bond acceptors (Lipinski definition) is 3. The van der Waals surface area contributed by atoms with Gasteiger partial charge in [-0.1, -0.05) is 49.4 Å². The zero-order valence-electron chi connectivity index (χ0n) is 15.2. The van der Waals surface area contributed by atoms with Crippen LogP contribution in [-0.4, -0.2) is 24.8 Å². The number of aryl methyl sites for hydroxylation is 1. The Morgan fingerprint density at radius 3 is 2.62 bits per heavy atom. The molecule has 136 valence electrons. The number of fused-ring (bicyclic) bond motifs is 1. The summed E-state index contributed by atoms with van der Waals surface area (Å²) >= 11 is 0. The Labute approximate surface area is 154 Å². The fraction of sp³-hybridized carbons (Fsp3) is 0.364. The van der Waals surface area contributed by atoms with E-state index in [9.17, 15) is 9.59 Å². The molecule has 1 aliphatic rings. The van der Waals surface area contributed by atoms with Gasteiger partial charge < -0.3 is 10.1 Å². The number of ketones is 1. The summed E-state index contributed by atoms with van der Waals surface area (Å²) in [6.45, 7) is 3.27. The van der Waals surface area contributed by atoms with Gasteiger partial charge in [-0.25, -0.2) is 0 Å². The summed E-state index contributed by atoms with van der Waals surface area (Å²) in [5, 5.41) is 2.94. The van der Waals surface area contributed by atoms with Crippen molar-refractivity contribution in [1.82, 2.24) is 5.32 Å². The molecule has 0 aromatic heterocycles. The Bertz CT molecular complexity index is 767. The van der Waals surface area contributed by atoms with E-state index >= 15 is 0 Å². The highest BCUT2D eigenvalue weighted by Gasteiger charge is 2.20. The molecule has 1 amide bonds. The number of nitrogens with one attached hydrogen (secondary N) is 1. The lowest BCUT2D eigenvalue weighted by molar-refractivity contribution is -0.121. The predicted molar refractivity (Wildman–Crippen MR) is 102 cm³/mol. The lowest BCUT2D eigenvalue weighted by Crippen LogP contribution is -2.34. The first kappa shape index (κ1) is 18.2. The van der Waals surface area contributed by atoms with Gasteiger partial charge in [0.2, 0.25) is 5.91 Å².